The van der Waals surface area contributed by atoms with Crippen molar-refractivity contribution in [2.45, 2.75) is 69.1 Å². The predicted molar refractivity (Wildman–Crippen MR) is 206 cm³/mol. The molecular formula is C42H44N4O6Si. The van der Waals surface area contributed by atoms with Gasteiger partial charge in [0.15, 0.2) is 13.9 Å². The Morgan fingerprint density at radius 3 is 2.45 bits per heavy atom. The molecule has 4 heterocycles. The predicted octanol–water partition coefficient (Wildman–Crippen LogP) is 6.16. The van der Waals surface area contributed by atoms with Gasteiger partial charge >= 0.3 is 0 Å². The average molecular weight is 729 g/mol. The molecular weight excluding hydrogens is 685 g/mol. The molecule has 5 aromatic rings. The lowest BCUT2D eigenvalue weighted by molar-refractivity contribution is -0.150. The number of H-pyrrole nitrogens is 1. The van der Waals surface area contributed by atoms with E-state index in [9.17, 15) is 19.5 Å². The van der Waals surface area contributed by atoms with Crippen LogP contribution in [0.25, 0.3) is 10.9 Å². The van der Waals surface area contributed by atoms with Crippen molar-refractivity contribution in [2.24, 2.45) is 5.92 Å². The smallest absolute Gasteiger partial charge is 0.268 e. The van der Waals surface area contributed by atoms with Gasteiger partial charge in [0.25, 0.3) is 5.91 Å². The molecule has 3 aliphatic rings. The van der Waals surface area contributed by atoms with E-state index in [0.29, 0.717) is 35.6 Å². The number of nitrogens with zero attached hydrogens (tertiary/aromatic N) is 2. The summed E-state index contributed by atoms with van der Waals surface area (Å²) in [6.07, 6.45) is 1.72. The first-order valence-corrected chi connectivity index (χ1v) is 21.3. The number of aliphatic hydroxyl groups excluding tert-OH is 1. The summed E-state index contributed by atoms with van der Waals surface area (Å²) in [5.41, 5.74) is 4.35. The lowest BCUT2D eigenvalue weighted by Crippen LogP contribution is -2.48. The fourth-order valence-corrected chi connectivity index (χ4v) is 11.7. The van der Waals surface area contributed by atoms with E-state index >= 15 is 4.79 Å². The van der Waals surface area contributed by atoms with Gasteiger partial charge in [0.05, 0.1) is 37.3 Å². The first-order valence-electron chi connectivity index (χ1n) is 18.3. The molecule has 272 valence electrons. The number of aromatic nitrogens is 1. The highest BCUT2D eigenvalue weighted by Crippen LogP contribution is 2.61. The summed E-state index contributed by atoms with van der Waals surface area (Å²) in [7, 11) is -3.08. The quantitative estimate of drug-likeness (QED) is 0.142. The molecule has 53 heavy (non-hydrogen) atoms. The summed E-state index contributed by atoms with van der Waals surface area (Å²) < 4.78 is 7.00. The Kier molecular flexibility index (Phi) is 8.85. The Bertz CT molecular complexity index is 2220. The van der Waals surface area contributed by atoms with E-state index in [-0.39, 0.29) is 43.2 Å². The van der Waals surface area contributed by atoms with Crippen LogP contribution < -0.4 is 10.2 Å². The second-order valence-electron chi connectivity index (χ2n) is 15.2. The molecule has 3 aliphatic heterocycles. The number of carbonyl (C=O) groups is 3. The number of benzene rings is 4. The number of aliphatic hydroxyl groups is 1. The van der Waals surface area contributed by atoms with E-state index in [0.717, 1.165) is 27.6 Å². The molecule has 5 atom stereocenters. The van der Waals surface area contributed by atoms with Gasteiger partial charge in [0.1, 0.15) is 0 Å². The zero-order valence-corrected chi connectivity index (χ0v) is 31.1. The van der Waals surface area contributed by atoms with Crippen molar-refractivity contribution in [3.8, 4) is 0 Å². The van der Waals surface area contributed by atoms with Crippen LogP contribution in [-0.2, 0) is 44.1 Å². The van der Waals surface area contributed by atoms with Crippen LogP contribution >= 0.6 is 0 Å². The molecule has 0 radical (unpaired) electrons. The number of anilines is 3. The summed E-state index contributed by atoms with van der Waals surface area (Å²) in [5, 5.41) is 14.4. The molecule has 1 spiro atoms. The molecule has 4 N–H and O–H groups in total. The number of amides is 3. The third-order valence-corrected chi connectivity index (χ3v) is 14.0. The number of ether oxygens (including phenoxy) is 1. The summed E-state index contributed by atoms with van der Waals surface area (Å²) in [6.45, 7) is 5.79. The Hall–Kier alpha value is -5.07. The molecule has 11 heteroatoms. The van der Waals surface area contributed by atoms with Gasteiger partial charge in [-0.25, -0.2) is 0 Å². The number of hydrogen-bond acceptors (Lipinski definition) is 6. The third-order valence-electron chi connectivity index (χ3n) is 11.5. The molecule has 0 saturated carbocycles. The molecule has 0 bridgehead atoms. The minimum Gasteiger partial charge on any atom is -0.432 e. The Morgan fingerprint density at radius 1 is 0.981 bits per heavy atom. The van der Waals surface area contributed by atoms with Gasteiger partial charge in [-0.1, -0.05) is 67.6 Å². The molecule has 3 amide bonds. The largest absolute Gasteiger partial charge is 0.432 e. The normalized spacial score (nSPS) is 23.8. The van der Waals surface area contributed by atoms with Gasteiger partial charge in [0, 0.05) is 52.0 Å². The third kappa shape index (κ3) is 5.97. The van der Waals surface area contributed by atoms with Crippen molar-refractivity contribution in [2.75, 3.05) is 16.8 Å². The SMILES string of the molecule is C[C@H]1[C@H]([Si](C)(C)O)[C@@H](CC(=O)N2Cc3ccccc3C[C@H]2CO)O[C@]12C(=O)N(c1ccccc1)c1ccc(NC(=O)Cc3c[nH]c4ccccc34)cc12. The number of hydrogen-bond donors (Lipinski definition) is 4. The number of fused-ring (bicyclic) bond motifs is 4. The topological polar surface area (TPSA) is 135 Å². The summed E-state index contributed by atoms with van der Waals surface area (Å²) >= 11 is 0. The van der Waals surface area contributed by atoms with Crippen LogP contribution in [0.2, 0.25) is 18.6 Å². The zero-order chi connectivity index (χ0) is 37.1. The number of nitrogens with one attached hydrogen (secondary N) is 2. The molecule has 1 fully saturated rings. The van der Waals surface area contributed by atoms with E-state index in [1.165, 1.54) is 0 Å². The van der Waals surface area contributed by atoms with Crippen molar-refractivity contribution in [3.63, 3.8) is 0 Å². The lowest BCUT2D eigenvalue weighted by Gasteiger charge is -2.37. The molecule has 0 unspecified atom stereocenters. The van der Waals surface area contributed by atoms with Gasteiger partial charge in [-0.05, 0) is 72.6 Å². The maximum absolute atomic E-state index is 15.0. The highest BCUT2D eigenvalue weighted by atomic mass is 28.4. The Labute approximate surface area is 309 Å². The summed E-state index contributed by atoms with van der Waals surface area (Å²) in [4.78, 5) is 61.2. The molecule has 1 aromatic heterocycles. The van der Waals surface area contributed by atoms with Gasteiger partial charge in [-0.2, -0.15) is 0 Å². The summed E-state index contributed by atoms with van der Waals surface area (Å²) in [5.74, 6) is -1.22. The first-order chi connectivity index (χ1) is 25.5. The van der Waals surface area contributed by atoms with Crippen LogP contribution in [0.15, 0.2) is 103 Å². The van der Waals surface area contributed by atoms with Gasteiger partial charge in [-0.15, -0.1) is 0 Å². The minimum absolute atomic E-state index is 0.0542. The van der Waals surface area contributed by atoms with Crippen LogP contribution in [-0.4, -0.2) is 64.6 Å². The Balaban J connectivity index is 1.15. The second kappa shape index (κ2) is 13.4. The van der Waals surface area contributed by atoms with E-state index in [1.807, 2.05) is 117 Å². The maximum atomic E-state index is 15.0. The van der Waals surface area contributed by atoms with E-state index in [2.05, 4.69) is 10.3 Å². The van der Waals surface area contributed by atoms with Crippen molar-refractivity contribution in [1.82, 2.24) is 9.88 Å². The van der Waals surface area contributed by atoms with Crippen LogP contribution in [0, 0.1) is 5.92 Å². The molecule has 4 aromatic carbocycles. The minimum atomic E-state index is -3.08. The van der Waals surface area contributed by atoms with E-state index < -0.39 is 31.5 Å². The zero-order valence-electron chi connectivity index (χ0n) is 30.1. The molecule has 10 nitrogen and oxygen atoms in total. The summed E-state index contributed by atoms with van der Waals surface area (Å²) in [6, 6.07) is 30.2. The lowest BCUT2D eigenvalue weighted by atomic mass is 9.82. The molecule has 0 aliphatic carbocycles. The average Bonchev–Trinajstić information content (AvgIpc) is 3.77. The van der Waals surface area contributed by atoms with Crippen LogP contribution in [0.3, 0.4) is 0 Å². The number of rotatable bonds is 8. The standard InChI is InChI=1S/C42H44N4O6Si/c1-26-40(53(2,3)51)37(22-39(49)45-24-28-12-8-7-11-27(28)19-32(45)25-47)52-42(26)34-21-30(17-18-36(34)46(41(42)50)31-13-5-4-6-14-31)44-38(48)20-29-23-43-35-16-10-9-15-33(29)35/h4-18,21,23,26,32,37,40,43,47,51H,19-20,22,24-25H2,1-3H3,(H,44,48)/t26-,32-,37+,40-,42+/m0/s1. The Morgan fingerprint density at radius 2 is 1.70 bits per heavy atom. The van der Waals surface area contributed by atoms with Gasteiger partial charge in [0.2, 0.25) is 11.8 Å². The van der Waals surface area contributed by atoms with E-state index in [1.54, 1.807) is 15.9 Å². The fraction of sp³-hybridized carbons (Fsp3) is 0.310. The van der Waals surface area contributed by atoms with Crippen LogP contribution in [0.5, 0.6) is 0 Å². The van der Waals surface area contributed by atoms with Crippen molar-refractivity contribution in [3.05, 3.63) is 126 Å². The highest BCUT2D eigenvalue weighted by molar-refractivity contribution is 6.71. The fourth-order valence-electron chi connectivity index (χ4n) is 9.10. The number of carbonyl (C=O) groups excluding carboxylic acids is 3. The molecule has 1 saturated heterocycles. The monoisotopic (exact) mass is 728 g/mol. The van der Waals surface area contributed by atoms with Crippen LogP contribution in [0.1, 0.15) is 35.6 Å². The second-order valence-corrected chi connectivity index (χ2v) is 19.2. The first kappa shape index (κ1) is 35.0. The number of aromatic amines is 1. The maximum Gasteiger partial charge on any atom is 0.268 e. The number of para-hydroxylation sites is 2. The van der Waals surface area contributed by atoms with E-state index in [4.69, 9.17) is 4.74 Å². The van der Waals surface area contributed by atoms with Crippen LogP contribution in [0.4, 0.5) is 17.1 Å². The highest BCUT2D eigenvalue weighted by Gasteiger charge is 2.67. The van der Waals surface area contributed by atoms with Crippen molar-refractivity contribution >= 4 is 54.0 Å². The van der Waals surface area contributed by atoms with Crippen molar-refractivity contribution in [1.29, 1.82) is 0 Å². The van der Waals surface area contributed by atoms with Crippen molar-refractivity contribution < 1.29 is 29.0 Å². The van der Waals surface area contributed by atoms with Gasteiger partial charge in [-0.3, -0.25) is 19.3 Å². The van der Waals surface area contributed by atoms with Gasteiger partial charge < -0.3 is 29.8 Å². The molecule has 8 rings (SSSR count).